The fourth-order valence-corrected chi connectivity index (χ4v) is 36.2. The molecule has 2 aliphatic carbocycles. The van der Waals surface area contributed by atoms with Gasteiger partial charge in [-0.15, -0.1) is 0 Å². The van der Waals surface area contributed by atoms with Crippen LogP contribution in [0.4, 0.5) is 0 Å². The third-order valence-corrected chi connectivity index (χ3v) is 33.2. The number of rotatable bonds is 5. The third-order valence-electron chi connectivity index (χ3n) is 8.12. The van der Waals surface area contributed by atoms with Gasteiger partial charge in [0.2, 0.25) is 0 Å². The van der Waals surface area contributed by atoms with Gasteiger partial charge in [0.25, 0.3) is 0 Å². The summed E-state index contributed by atoms with van der Waals surface area (Å²) < 4.78 is 6.51. The van der Waals surface area contributed by atoms with Gasteiger partial charge in [0.15, 0.2) is 0 Å². The predicted molar refractivity (Wildman–Crippen MR) is 133 cm³/mol. The topological polar surface area (TPSA) is 0 Å². The van der Waals surface area contributed by atoms with Gasteiger partial charge in [-0.2, -0.15) is 0 Å². The average Bonchev–Trinajstić information content (AvgIpc) is 3.47. The first kappa shape index (κ1) is 24.5. The minimum absolute atomic E-state index is 0. The molecule has 0 bridgehead atoms. The van der Waals surface area contributed by atoms with Crippen molar-refractivity contribution in [1.29, 1.82) is 0 Å². The minimum atomic E-state index is -4.44. The Balaban J connectivity index is 0.00000130. The molecule has 4 heteroatoms. The van der Waals surface area contributed by atoms with Gasteiger partial charge in [-0.05, 0) is 0 Å². The second kappa shape index (κ2) is 9.20. The van der Waals surface area contributed by atoms with Crippen LogP contribution in [0.15, 0.2) is 133 Å². The van der Waals surface area contributed by atoms with Gasteiger partial charge in [0.05, 0.1) is 0 Å². The normalized spacial score (nSPS) is 19.1. The largest absolute Gasteiger partial charge is 1.00 e. The number of hydrogen-bond acceptors (Lipinski definition) is 0. The van der Waals surface area contributed by atoms with E-state index in [-0.39, 0.29) is 27.9 Å². The Hall–Kier alpha value is -1.62. The summed E-state index contributed by atoms with van der Waals surface area (Å²) in [5, 5.41) is 0. The molecule has 1 fully saturated rings. The van der Waals surface area contributed by atoms with Crippen LogP contribution in [0, 0.1) is 0 Å². The number of allylic oxidation sites excluding steroid dienone is 4. The van der Waals surface area contributed by atoms with Crippen LogP contribution in [-0.4, -0.2) is 0 Å². The summed E-state index contributed by atoms with van der Waals surface area (Å²) in [6.07, 6.45) is 9.84. The summed E-state index contributed by atoms with van der Waals surface area (Å²) in [6.45, 7) is 0. The first-order valence-corrected chi connectivity index (χ1v) is 18.4. The van der Waals surface area contributed by atoms with Crippen molar-refractivity contribution in [2.45, 2.75) is 16.0 Å². The van der Waals surface area contributed by atoms with Crippen LogP contribution >= 0.6 is 8.19 Å². The van der Waals surface area contributed by atoms with Crippen LogP contribution < -0.4 is 37.6 Å². The van der Waals surface area contributed by atoms with E-state index in [2.05, 4.69) is 127 Å². The Morgan fingerprint density at radius 1 is 0.636 bits per heavy atom. The second-order valence-electron chi connectivity index (χ2n) is 8.95. The average molecular weight is 568 g/mol. The molecule has 0 saturated heterocycles. The molecule has 2 unspecified atom stereocenters. The van der Waals surface area contributed by atoms with Crippen molar-refractivity contribution in [2.75, 3.05) is 0 Å². The Bertz CT molecular complexity index is 1180. The molecule has 33 heavy (non-hydrogen) atoms. The summed E-state index contributed by atoms with van der Waals surface area (Å²) in [5.74, 6) is 2.40. The van der Waals surface area contributed by atoms with E-state index in [1.54, 1.807) is 18.4 Å². The van der Waals surface area contributed by atoms with Gasteiger partial charge in [0.1, 0.15) is 0 Å². The molecule has 2 atom stereocenters. The molecule has 0 spiro atoms. The molecule has 0 amide bonds. The number of hydrogen-bond donors (Lipinski definition) is 0. The molecule has 0 aliphatic heterocycles. The van der Waals surface area contributed by atoms with Crippen molar-refractivity contribution >= 4 is 21.0 Å². The van der Waals surface area contributed by atoms with E-state index in [1.165, 1.54) is 12.8 Å². The van der Waals surface area contributed by atoms with E-state index in [9.17, 15) is 0 Å². The molecular weight excluding hydrogens is 541 g/mol. The molecular formula is C29H26Cl2PZr. The van der Waals surface area contributed by atoms with E-state index in [4.69, 9.17) is 0 Å². The molecule has 1 heterocycles. The molecule has 165 valence electrons. The van der Waals surface area contributed by atoms with Crippen molar-refractivity contribution in [3.63, 3.8) is 0 Å². The van der Waals surface area contributed by atoms with E-state index < -0.39 is 18.8 Å². The first-order chi connectivity index (χ1) is 15.3. The molecule has 0 N–H and O–H groups in total. The molecule has 6 rings (SSSR count). The van der Waals surface area contributed by atoms with Crippen molar-refractivity contribution < 1.29 is 43.6 Å². The second-order valence-corrected chi connectivity index (χ2v) is 25.3. The van der Waals surface area contributed by atoms with Crippen molar-refractivity contribution in [1.82, 2.24) is 0 Å². The standard InChI is InChI=1S/C7H7.3C6H5.C4H4P.2ClH.Zr/c1-2-6-4-5-7(6)3-1;3*1-2-4-6-5-3-1;1-2-4-5-3-1;;;/h1-3H,4-5H2;3*1-5H;1-3,5H;2*1H;/q;;;;;;;+2/p-2. The Kier molecular flexibility index (Phi) is 6.84. The van der Waals surface area contributed by atoms with Gasteiger partial charge >= 0.3 is 188 Å². The van der Waals surface area contributed by atoms with E-state index >= 15 is 0 Å². The predicted octanol–water partition coefficient (Wildman–Crippen LogP) is -0.534. The molecule has 0 radical (unpaired) electrons. The molecule has 2 aliphatic rings. The monoisotopic (exact) mass is 565 g/mol. The molecule has 0 nitrogen and oxygen atoms in total. The maximum Gasteiger partial charge on any atom is -1.00 e. The number of halogens is 2. The van der Waals surface area contributed by atoms with Crippen molar-refractivity contribution in [3.05, 3.63) is 133 Å². The maximum atomic E-state index is 2.60. The van der Waals surface area contributed by atoms with Crippen LogP contribution in [-0.2, 0) is 18.8 Å². The molecule has 1 aromatic heterocycles. The smallest absolute Gasteiger partial charge is 1.00 e. The summed E-state index contributed by atoms with van der Waals surface area (Å²) >= 11 is -4.44. The SMILES string of the molecule is C1=C[C]2([Zr+2]([c]3ccccc3)([c]3ccccc3)([c]3ccccc3)[c]3ccc[pH]3)CCC2=C1.[Cl-].[Cl-]. The quantitative estimate of drug-likeness (QED) is 0.304. The Morgan fingerprint density at radius 3 is 1.52 bits per heavy atom. The summed E-state index contributed by atoms with van der Waals surface area (Å²) in [6, 6.07) is 39.6. The van der Waals surface area contributed by atoms with E-state index in [0.29, 0.717) is 0 Å². The molecule has 3 aromatic carbocycles. The van der Waals surface area contributed by atoms with E-state index in [0.717, 1.165) is 8.19 Å². The number of fused-ring (bicyclic) bond motifs is 1. The van der Waals surface area contributed by atoms with Crippen LogP contribution in [0.25, 0.3) is 0 Å². The fourth-order valence-electron chi connectivity index (χ4n) is 6.96. The Morgan fingerprint density at radius 2 is 1.15 bits per heavy atom. The Labute approximate surface area is 211 Å². The number of benzene rings is 3. The van der Waals surface area contributed by atoms with Crippen LogP contribution in [0.5, 0.6) is 0 Å². The van der Waals surface area contributed by atoms with E-state index in [1.807, 2.05) is 0 Å². The maximum absolute atomic E-state index is 4.44. The van der Waals surface area contributed by atoms with Gasteiger partial charge in [-0.3, -0.25) is 0 Å². The summed E-state index contributed by atoms with van der Waals surface area (Å²) in [4.78, 5) is 0. The van der Waals surface area contributed by atoms with Crippen molar-refractivity contribution in [2.24, 2.45) is 0 Å². The van der Waals surface area contributed by atoms with Gasteiger partial charge < -0.3 is 24.8 Å². The summed E-state index contributed by atoms with van der Waals surface area (Å²) in [7, 11) is 0.742. The summed E-state index contributed by atoms with van der Waals surface area (Å²) in [5.41, 5.74) is 1.65. The van der Waals surface area contributed by atoms with Gasteiger partial charge in [-0.1, -0.05) is 0 Å². The molecule has 1 saturated carbocycles. The zero-order chi connectivity index (χ0) is 20.8. The van der Waals surface area contributed by atoms with Gasteiger partial charge in [-0.25, -0.2) is 0 Å². The van der Waals surface area contributed by atoms with Crippen LogP contribution in [0.2, 0.25) is 3.12 Å². The van der Waals surface area contributed by atoms with Crippen LogP contribution in [0.3, 0.4) is 0 Å². The third kappa shape index (κ3) is 2.87. The van der Waals surface area contributed by atoms with Gasteiger partial charge in [0, 0.05) is 0 Å². The first-order valence-electron chi connectivity index (χ1n) is 11.2. The molecule has 4 aromatic rings. The zero-order valence-corrected chi connectivity index (χ0v) is 23.3. The van der Waals surface area contributed by atoms with Crippen LogP contribution in [0.1, 0.15) is 12.8 Å². The zero-order valence-electron chi connectivity index (χ0n) is 18.3. The van der Waals surface area contributed by atoms with Crippen molar-refractivity contribution in [3.8, 4) is 0 Å². The fraction of sp³-hybridized carbons (Fsp3) is 0.103. The minimum Gasteiger partial charge on any atom is -1.00 e.